The number of aromatic nitrogens is 5. The Morgan fingerprint density at radius 2 is 1.63 bits per heavy atom. The van der Waals surface area contributed by atoms with E-state index in [1.807, 2.05) is 33.8 Å². The third kappa shape index (κ3) is 5.40. The first-order valence-electron chi connectivity index (χ1n) is 9.42. The van der Waals surface area contributed by atoms with Crippen LogP contribution < -0.4 is 10.6 Å². The molecule has 0 amide bonds. The molecule has 0 aliphatic carbocycles. The molecular weight excluding hydrogens is 395 g/mol. The molecule has 3 aromatic heterocycles. The molecule has 2 N–H and O–H groups in total. The van der Waals surface area contributed by atoms with Crippen molar-refractivity contribution in [2.45, 2.75) is 45.8 Å². The summed E-state index contributed by atoms with van der Waals surface area (Å²) in [6.07, 6.45) is -2.89. The molecule has 0 aliphatic heterocycles. The normalized spacial score (nSPS) is 11.8. The van der Waals surface area contributed by atoms with Crippen molar-refractivity contribution in [3.8, 4) is 11.5 Å². The lowest BCUT2D eigenvalue weighted by Crippen LogP contribution is -2.15. The predicted octanol–water partition coefficient (Wildman–Crippen LogP) is 5.03. The highest BCUT2D eigenvalue weighted by molar-refractivity contribution is 5.59. The zero-order valence-corrected chi connectivity index (χ0v) is 17.0. The van der Waals surface area contributed by atoms with Gasteiger partial charge in [-0.05, 0) is 44.0 Å². The second-order valence-electron chi connectivity index (χ2n) is 7.26. The number of hydrogen-bond acceptors (Lipinski definition) is 7. The molecule has 0 atom stereocenters. The molecule has 0 bridgehead atoms. The van der Waals surface area contributed by atoms with Gasteiger partial charge in [0, 0.05) is 23.6 Å². The number of hydrogen-bond donors (Lipinski definition) is 2. The lowest BCUT2D eigenvalue weighted by molar-refractivity contribution is -0.141. The monoisotopic (exact) mass is 417 g/mol. The highest BCUT2D eigenvalue weighted by atomic mass is 19.4. The van der Waals surface area contributed by atoms with E-state index in [1.165, 1.54) is 12.1 Å². The standard InChI is InChI=1S/C20H22F3N7/c1-11(2)15-10-13(8-9-24-15)26-19-29-17(28-18(30-19)25-12(3)4)14-6-5-7-16(27-14)20(21,22)23/h5-12H,1-4H3,(H2,24,25,26,28,29,30). The minimum atomic E-state index is -4.56. The lowest BCUT2D eigenvalue weighted by Gasteiger charge is -2.13. The molecule has 158 valence electrons. The second kappa shape index (κ2) is 8.60. The molecule has 10 heteroatoms. The first kappa shape index (κ1) is 21.4. The Balaban J connectivity index is 2.02. The minimum absolute atomic E-state index is 0.000297. The van der Waals surface area contributed by atoms with Gasteiger partial charge in [0.15, 0.2) is 5.82 Å². The number of anilines is 3. The quantitative estimate of drug-likeness (QED) is 0.581. The van der Waals surface area contributed by atoms with Crippen molar-refractivity contribution >= 4 is 17.6 Å². The van der Waals surface area contributed by atoms with Gasteiger partial charge in [-0.2, -0.15) is 28.1 Å². The van der Waals surface area contributed by atoms with Gasteiger partial charge in [0.25, 0.3) is 0 Å². The number of alkyl halides is 3. The number of nitrogens with one attached hydrogen (secondary N) is 2. The van der Waals surface area contributed by atoms with Crippen LogP contribution in [0.4, 0.5) is 30.8 Å². The van der Waals surface area contributed by atoms with Gasteiger partial charge in [0.1, 0.15) is 11.4 Å². The maximum absolute atomic E-state index is 13.1. The Labute approximate surface area is 172 Å². The molecule has 3 aromatic rings. The molecule has 0 saturated carbocycles. The summed E-state index contributed by atoms with van der Waals surface area (Å²) in [6.45, 7) is 7.85. The van der Waals surface area contributed by atoms with Crippen LogP contribution in [0.3, 0.4) is 0 Å². The fraction of sp³-hybridized carbons (Fsp3) is 0.350. The SMILES string of the molecule is CC(C)Nc1nc(Nc2ccnc(C(C)C)c2)nc(-c2cccc(C(F)(F)F)n2)n1. The van der Waals surface area contributed by atoms with Crippen molar-refractivity contribution < 1.29 is 13.2 Å². The molecule has 0 aliphatic rings. The molecule has 0 spiro atoms. The smallest absolute Gasteiger partial charge is 0.352 e. The molecule has 0 fully saturated rings. The van der Waals surface area contributed by atoms with Crippen LogP contribution in [0.1, 0.15) is 45.0 Å². The fourth-order valence-electron chi connectivity index (χ4n) is 2.56. The zero-order valence-electron chi connectivity index (χ0n) is 17.0. The van der Waals surface area contributed by atoms with Crippen molar-refractivity contribution in [3.05, 3.63) is 47.9 Å². The Morgan fingerprint density at radius 1 is 0.900 bits per heavy atom. The van der Waals surface area contributed by atoms with E-state index in [2.05, 4.69) is 35.6 Å². The average molecular weight is 417 g/mol. The van der Waals surface area contributed by atoms with Gasteiger partial charge in [-0.15, -0.1) is 0 Å². The van der Waals surface area contributed by atoms with Gasteiger partial charge < -0.3 is 10.6 Å². The van der Waals surface area contributed by atoms with Gasteiger partial charge >= 0.3 is 6.18 Å². The highest BCUT2D eigenvalue weighted by Crippen LogP contribution is 2.29. The summed E-state index contributed by atoms with van der Waals surface area (Å²) < 4.78 is 39.2. The van der Waals surface area contributed by atoms with E-state index >= 15 is 0 Å². The second-order valence-corrected chi connectivity index (χ2v) is 7.26. The third-order valence-electron chi connectivity index (χ3n) is 3.95. The van der Waals surface area contributed by atoms with Crippen LogP contribution >= 0.6 is 0 Å². The maximum atomic E-state index is 13.1. The molecule has 3 heterocycles. The van der Waals surface area contributed by atoms with Crippen molar-refractivity contribution in [2.24, 2.45) is 0 Å². The molecule has 0 aromatic carbocycles. The minimum Gasteiger partial charge on any atom is -0.352 e. The Hall–Kier alpha value is -3.30. The van der Waals surface area contributed by atoms with E-state index in [0.717, 1.165) is 11.8 Å². The number of pyridine rings is 2. The van der Waals surface area contributed by atoms with Crippen molar-refractivity contribution in [2.75, 3.05) is 10.6 Å². The Morgan fingerprint density at radius 3 is 2.30 bits per heavy atom. The van der Waals surface area contributed by atoms with E-state index in [4.69, 9.17) is 0 Å². The number of nitrogens with zero attached hydrogens (tertiary/aromatic N) is 5. The number of halogens is 3. The number of rotatable bonds is 6. The summed E-state index contributed by atoms with van der Waals surface area (Å²) >= 11 is 0. The molecule has 0 saturated heterocycles. The van der Waals surface area contributed by atoms with Crippen molar-refractivity contribution in [1.29, 1.82) is 0 Å². The molecule has 30 heavy (non-hydrogen) atoms. The largest absolute Gasteiger partial charge is 0.433 e. The van der Waals surface area contributed by atoms with Crippen LogP contribution in [-0.2, 0) is 6.18 Å². The van der Waals surface area contributed by atoms with Crippen LogP contribution in [0.15, 0.2) is 36.5 Å². The molecule has 3 rings (SSSR count). The van der Waals surface area contributed by atoms with Gasteiger partial charge in [0.05, 0.1) is 0 Å². The van der Waals surface area contributed by atoms with E-state index in [-0.39, 0.29) is 35.4 Å². The Kier molecular flexibility index (Phi) is 6.14. The third-order valence-corrected chi connectivity index (χ3v) is 3.95. The van der Waals surface area contributed by atoms with Gasteiger partial charge in [0.2, 0.25) is 11.9 Å². The molecular formula is C20H22F3N7. The topological polar surface area (TPSA) is 88.5 Å². The van der Waals surface area contributed by atoms with Crippen LogP contribution in [-0.4, -0.2) is 31.0 Å². The van der Waals surface area contributed by atoms with Crippen LogP contribution in [0, 0.1) is 0 Å². The maximum Gasteiger partial charge on any atom is 0.433 e. The Bertz CT molecular complexity index is 1020. The van der Waals surface area contributed by atoms with Crippen molar-refractivity contribution in [1.82, 2.24) is 24.9 Å². The van der Waals surface area contributed by atoms with Crippen molar-refractivity contribution in [3.63, 3.8) is 0 Å². The lowest BCUT2D eigenvalue weighted by atomic mass is 10.1. The molecule has 7 nitrogen and oxygen atoms in total. The first-order chi connectivity index (χ1) is 14.1. The summed E-state index contributed by atoms with van der Waals surface area (Å²) in [5.41, 5.74) is 0.580. The molecule has 0 radical (unpaired) electrons. The van der Waals surface area contributed by atoms with Gasteiger partial charge in [-0.3, -0.25) is 4.98 Å². The van der Waals surface area contributed by atoms with E-state index in [0.29, 0.717) is 5.69 Å². The van der Waals surface area contributed by atoms with Crippen LogP contribution in [0.2, 0.25) is 0 Å². The van der Waals surface area contributed by atoms with Gasteiger partial charge in [-0.25, -0.2) is 4.98 Å². The summed E-state index contributed by atoms with van der Waals surface area (Å²) in [5.74, 6) is 0.672. The summed E-state index contributed by atoms with van der Waals surface area (Å²) in [6, 6.07) is 7.24. The summed E-state index contributed by atoms with van der Waals surface area (Å²) in [4.78, 5) is 20.8. The van der Waals surface area contributed by atoms with Gasteiger partial charge in [-0.1, -0.05) is 19.9 Å². The fourth-order valence-corrected chi connectivity index (χ4v) is 2.56. The van der Waals surface area contributed by atoms with E-state index in [9.17, 15) is 13.2 Å². The van der Waals surface area contributed by atoms with Crippen LogP contribution in [0.25, 0.3) is 11.5 Å². The first-order valence-corrected chi connectivity index (χ1v) is 9.42. The average Bonchev–Trinajstić information content (AvgIpc) is 2.67. The van der Waals surface area contributed by atoms with E-state index in [1.54, 1.807) is 12.3 Å². The van der Waals surface area contributed by atoms with E-state index < -0.39 is 11.9 Å². The predicted molar refractivity (Wildman–Crippen MR) is 108 cm³/mol. The summed E-state index contributed by atoms with van der Waals surface area (Å²) in [7, 11) is 0. The summed E-state index contributed by atoms with van der Waals surface area (Å²) in [5, 5.41) is 6.13. The van der Waals surface area contributed by atoms with Crippen LogP contribution in [0.5, 0.6) is 0 Å². The highest BCUT2D eigenvalue weighted by Gasteiger charge is 2.32. The zero-order chi connectivity index (χ0) is 21.9. The molecule has 0 unspecified atom stereocenters.